The van der Waals surface area contributed by atoms with Crippen LogP contribution < -0.4 is 10.6 Å². The van der Waals surface area contributed by atoms with Crippen LogP contribution in [0.4, 0.5) is 10.8 Å². The monoisotopic (exact) mass is 486 g/mol. The predicted octanol–water partition coefficient (Wildman–Crippen LogP) is 4.87. The van der Waals surface area contributed by atoms with Gasteiger partial charge in [-0.1, -0.05) is 36.8 Å². The van der Waals surface area contributed by atoms with Crippen molar-refractivity contribution in [1.29, 1.82) is 0 Å². The van der Waals surface area contributed by atoms with Gasteiger partial charge in [-0.2, -0.15) is 0 Å². The molecule has 2 amide bonds. The lowest BCUT2D eigenvalue weighted by atomic mass is 10.1. The third-order valence-electron chi connectivity index (χ3n) is 6.03. The minimum absolute atomic E-state index is 0.113. The Hall–Kier alpha value is -3.85. The summed E-state index contributed by atoms with van der Waals surface area (Å²) in [5.41, 5.74) is 3.80. The molecule has 8 nitrogen and oxygen atoms in total. The molecule has 2 N–H and O–H groups in total. The van der Waals surface area contributed by atoms with E-state index >= 15 is 0 Å². The molecule has 178 valence electrons. The number of carbonyl (C=O) groups is 2. The lowest BCUT2D eigenvalue weighted by Crippen LogP contribution is -2.16. The largest absolute Gasteiger partial charge is 0.325 e. The molecule has 0 spiro atoms. The van der Waals surface area contributed by atoms with Crippen molar-refractivity contribution in [2.24, 2.45) is 0 Å². The van der Waals surface area contributed by atoms with E-state index in [1.165, 1.54) is 17.8 Å². The first-order valence-corrected chi connectivity index (χ1v) is 12.6. The topological polar surface area (TPSA) is 102 Å². The molecule has 2 aromatic carbocycles. The van der Waals surface area contributed by atoms with Gasteiger partial charge < -0.3 is 9.88 Å². The first-order chi connectivity index (χ1) is 17.1. The Bertz CT molecular complexity index is 1360. The van der Waals surface area contributed by atoms with Crippen LogP contribution in [-0.4, -0.2) is 31.6 Å². The van der Waals surface area contributed by atoms with E-state index in [4.69, 9.17) is 0 Å². The second-order valence-electron chi connectivity index (χ2n) is 8.62. The molecule has 1 aliphatic heterocycles. The average molecular weight is 487 g/mol. The minimum atomic E-state index is -0.227. The number of nitrogens with one attached hydrogen (secondary N) is 2. The Morgan fingerprint density at radius 2 is 1.89 bits per heavy atom. The van der Waals surface area contributed by atoms with Crippen molar-refractivity contribution in [3.05, 3.63) is 76.6 Å². The highest BCUT2D eigenvalue weighted by Gasteiger charge is 2.17. The van der Waals surface area contributed by atoms with Crippen molar-refractivity contribution >= 4 is 34.0 Å². The molecule has 35 heavy (non-hydrogen) atoms. The Kier molecular flexibility index (Phi) is 6.67. The van der Waals surface area contributed by atoms with Gasteiger partial charge in [0.2, 0.25) is 5.91 Å². The molecule has 0 saturated heterocycles. The zero-order valence-electron chi connectivity index (χ0n) is 19.5. The van der Waals surface area contributed by atoms with E-state index in [0.717, 1.165) is 54.3 Å². The van der Waals surface area contributed by atoms with E-state index in [0.29, 0.717) is 16.4 Å². The number of nitrogens with zero attached hydrogens (tertiary/aromatic N) is 4. The summed E-state index contributed by atoms with van der Waals surface area (Å²) in [6.45, 7) is 2.88. The number of thiazole rings is 1. The number of amides is 2. The smallest absolute Gasteiger partial charge is 0.257 e. The quantitative estimate of drug-likeness (QED) is 0.405. The van der Waals surface area contributed by atoms with E-state index in [1.807, 2.05) is 43.3 Å². The molecule has 3 heterocycles. The normalized spacial score (nSPS) is 13.1. The Morgan fingerprint density at radius 3 is 2.74 bits per heavy atom. The van der Waals surface area contributed by atoms with Gasteiger partial charge >= 0.3 is 0 Å². The highest BCUT2D eigenvalue weighted by Crippen LogP contribution is 2.27. The van der Waals surface area contributed by atoms with Crippen molar-refractivity contribution in [2.75, 3.05) is 10.6 Å². The van der Waals surface area contributed by atoms with E-state index in [1.54, 1.807) is 17.5 Å². The van der Waals surface area contributed by atoms with Gasteiger partial charge in [0, 0.05) is 35.2 Å². The van der Waals surface area contributed by atoms with Crippen molar-refractivity contribution in [3.8, 4) is 11.4 Å². The molecule has 4 aromatic rings. The average Bonchev–Trinajstić information content (AvgIpc) is 3.40. The molecule has 9 heteroatoms. The molecule has 0 unspecified atom stereocenters. The fourth-order valence-electron chi connectivity index (χ4n) is 4.16. The van der Waals surface area contributed by atoms with Crippen LogP contribution >= 0.6 is 11.3 Å². The van der Waals surface area contributed by atoms with Gasteiger partial charge in [0.05, 0.1) is 12.1 Å². The van der Waals surface area contributed by atoms with Gasteiger partial charge in [-0.25, -0.2) is 4.98 Å². The van der Waals surface area contributed by atoms with Crippen LogP contribution in [0, 0.1) is 6.92 Å². The molecule has 0 fully saturated rings. The first-order valence-electron chi connectivity index (χ1n) is 11.7. The first kappa shape index (κ1) is 22.9. The number of aromatic nitrogens is 4. The van der Waals surface area contributed by atoms with Crippen molar-refractivity contribution in [2.45, 2.75) is 45.6 Å². The SMILES string of the molecule is Cc1ccc(-c2nnc3n2CCCCC3)cc1NC(=O)Cc1csc(NC(=O)c2ccccc2)n1. The highest BCUT2D eigenvalue weighted by atomic mass is 32.1. The summed E-state index contributed by atoms with van der Waals surface area (Å²) in [4.78, 5) is 29.5. The maximum Gasteiger partial charge on any atom is 0.257 e. The number of hydrogen-bond acceptors (Lipinski definition) is 6. The molecule has 2 aromatic heterocycles. The zero-order chi connectivity index (χ0) is 24.2. The van der Waals surface area contributed by atoms with Gasteiger partial charge in [0.25, 0.3) is 5.91 Å². The summed E-state index contributed by atoms with van der Waals surface area (Å²) in [5, 5.41) is 16.9. The summed E-state index contributed by atoms with van der Waals surface area (Å²) in [7, 11) is 0. The molecular weight excluding hydrogens is 460 g/mol. The fraction of sp³-hybridized carbons (Fsp3) is 0.269. The number of aryl methyl sites for hydroxylation is 2. The van der Waals surface area contributed by atoms with Crippen LogP contribution in [0.25, 0.3) is 11.4 Å². The molecule has 0 bridgehead atoms. The maximum absolute atomic E-state index is 12.8. The molecular formula is C26H26N6O2S. The second kappa shape index (κ2) is 10.2. The third-order valence-corrected chi connectivity index (χ3v) is 6.84. The van der Waals surface area contributed by atoms with Crippen LogP contribution in [-0.2, 0) is 24.2 Å². The number of benzene rings is 2. The number of fused-ring (bicyclic) bond motifs is 1. The standard InChI is InChI=1S/C26H26N6O2S/c1-17-11-12-19(24-31-30-22-10-6-3-7-13-32(22)24)14-21(17)28-23(33)15-20-16-35-26(27-20)29-25(34)18-8-4-2-5-9-18/h2,4-5,8-9,11-12,14,16H,3,6-7,10,13,15H2,1H3,(H,28,33)(H,27,29,34). The molecule has 1 aliphatic rings. The number of carbonyl (C=O) groups excluding carboxylic acids is 2. The van der Waals surface area contributed by atoms with Crippen LogP contribution in [0.5, 0.6) is 0 Å². The maximum atomic E-state index is 12.8. The molecule has 0 saturated carbocycles. The van der Waals surface area contributed by atoms with Gasteiger partial charge in [-0.05, 0) is 43.5 Å². The lowest BCUT2D eigenvalue weighted by Gasteiger charge is -2.11. The third kappa shape index (κ3) is 5.30. The van der Waals surface area contributed by atoms with E-state index in [2.05, 4.69) is 30.4 Å². The van der Waals surface area contributed by atoms with Crippen molar-refractivity contribution < 1.29 is 9.59 Å². The van der Waals surface area contributed by atoms with Crippen LogP contribution in [0.15, 0.2) is 53.9 Å². The Morgan fingerprint density at radius 1 is 1.03 bits per heavy atom. The van der Waals surface area contributed by atoms with E-state index in [-0.39, 0.29) is 18.2 Å². The minimum Gasteiger partial charge on any atom is -0.325 e. The van der Waals surface area contributed by atoms with Crippen LogP contribution in [0.2, 0.25) is 0 Å². The molecule has 0 atom stereocenters. The van der Waals surface area contributed by atoms with Gasteiger partial charge in [-0.3, -0.25) is 14.9 Å². The summed E-state index contributed by atoms with van der Waals surface area (Å²) in [5.74, 6) is 1.48. The summed E-state index contributed by atoms with van der Waals surface area (Å²) in [6, 6.07) is 14.9. The molecule has 5 rings (SSSR count). The van der Waals surface area contributed by atoms with Gasteiger partial charge in [0.15, 0.2) is 11.0 Å². The Labute approximate surface area is 207 Å². The molecule has 0 radical (unpaired) electrons. The zero-order valence-corrected chi connectivity index (χ0v) is 20.3. The lowest BCUT2D eigenvalue weighted by molar-refractivity contribution is -0.115. The van der Waals surface area contributed by atoms with Crippen LogP contribution in [0.1, 0.15) is 46.7 Å². The van der Waals surface area contributed by atoms with E-state index < -0.39 is 0 Å². The summed E-state index contributed by atoms with van der Waals surface area (Å²) >= 11 is 1.30. The summed E-state index contributed by atoms with van der Waals surface area (Å²) in [6.07, 6.45) is 4.52. The number of rotatable bonds is 6. The van der Waals surface area contributed by atoms with Crippen molar-refractivity contribution in [1.82, 2.24) is 19.7 Å². The Balaban J connectivity index is 1.25. The van der Waals surface area contributed by atoms with Gasteiger partial charge in [0.1, 0.15) is 5.82 Å². The second-order valence-corrected chi connectivity index (χ2v) is 9.48. The highest BCUT2D eigenvalue weighted by molar-refractivity contribution is 7.14. The number of hydrogen-bond donors (Lipinski definition) is 2. The van der Waals surface area contributed by atoms with Crippen molar-refractivity contribution in [3.63, 3.8) is 0 Å². The van der Waals surface area contributed by atoms with E-state index in [9.17, 15) is 9.59 Å². The number of anilines is 2. The predicted molar refractivity (Wildman–Crippen MR) is 137 cm³/mol. The summed E-state index contributed by atoms with van der Waals surface area (Å²) < 4.78 is 2.20. The van der Waals surface area contributed by atoms with Gasteiger partial charge in [-0.15, -0.1) is 21.5 Å². The molecule has 0 aliphatic carbocycles. The fourth-order valence-corrected chi connectivity index (χ4v) is 4.86. The van der Waals surface area contributed by atoms with Crippen LogP contribution in [0.3, 0.4) is 0 Å².